The number of halogens is 3. The number of alkyl halides is 1. The molecule has 0 aromatic heterocycles. The highest BCUT2D eigenvalue weighted by molar-refractivity contribution is 9.09. The zero-order valence-electron chi connectivity index (χ0n) is 11.0. The molecule has 0 aliphatic carbocycles. The predicted octanol–water partition coefficient (Wildman–Crippen LogP) is 2.93. The van der Waals surface area contributed by atoms with Crippen molar-refractivity contribution in [2.24, 2.45) is 0 Å². The van der Waals surface area contributed by atoms with Crippen LogP contribution in [0.15, 0.2) is 18.2 Å². The van der Waals surface area contributed by atoms with Gasteiger partial charge in [-0.1, -0.05) is 45.2 Å². The molecule has 0 unspecified atom stereocenters. The summed E-state index contributed by atoms with van der Waals surface area (Å²) in [6.07, 6.45) is 0.473. The smallest absolute Gasteiger partial charge is 0.264 e. The summed E-state index contributed by atoms with van der Waals surface area (Å²) in [5, 5.41) is 1.24. The van der Waals surface area contributed by atoms with Crippen LogP contribution in [0.5, 0.6) is 0 Å². The second-order valence-corrected chi connectivity index (χ2v) is 7.60. The van der Waals surface area contributed by atoms with Crippen molar-refractivity contribution in [2.75, 3.05) is 24.8 Å². The Morgan fingerprint density at radius 3 is 2.76 bits per heavy atom. The van der Waals surface area contributed by atoms with Crippen molar-refractivity contribution in [2.45, 2.75) is 11.9 Å². The van der Waals surface area contributed by atoms with Crippen molar-refractivity contribution in [1.82, 2.24) is 0 Å². The molecule has 0 amide bonds. The van der Waals surface area contributed by atoms with Gasteiger partial charge in [0.15, 0.2) is 0 Å². The molecule has 1 aromatic carbocycles. The lowest BCUT2D eigenvalue weighted by Crippen LogP contribution is -2.31. The van der Waals surface area contributed by atoms with Crippen LogP contribution in [-0.4, -0.2) is 39.3 Å². The van der Waals surface area contributed by atoms with Crippen molar-refractivity contribution in [3.8, 4) is 0 Å². The van der Waals surface area contributed by atoms with Crippen molar-refractivity contribution in [1.29, 1.82) is 0 Å². The summed E-state index contributed by atoms with van der Waals surface area (Å²) in [6.45, 7) is 0.0822. The van der Waals surface area contributed by atoms with Gasteiger partial charge in [0.2, 0.25) is 5.79 Å². The van der Waals surface area contributed by atoms with Crippen molar-refractivity contribution < 1.29 is 22.1 Å². The van der Waals surface area contributed by atoms with Crippen LogP contribution in [0.25, 0.3) is 0 Å². The number of rotatable bonds is 5. The second-order valence-electron chi connectivity index (χ2n) is 4.55. The van der Waals surface area contributed by atoms with E-state index in [0.717, 1.165) is 6.26 Å². The van der Waals surface area contributed by atoms with Crippen molar-refractivity contribution in [3.05, 3.63) is 33.8 Å². The highest BCUT2D eigenvalue weighted by Crippen LogP contribution is 2.40. The minimum absolute atomic E-state index is 0.112. The zero-order chi connectivity index (χ0) is 15.7. The molecule has 1 aromatic rings. The van der Waals surface area contributed by atoms with Crippen LogP contribution in [0.2, 0.25) is 10.0 Å². The van der Waals surface area contributed by atoms with E-state index in [9.17, 15) is 8.42 Å². The molecule has 1 aliphatic heterocycles. The van der Waals surface area contributed by atoms with Crippen LogP contribution in [0.4, 0.5) is 0 Å². The van der Waals surface area contributed by atoms with Gasteiger partial charge in [0.25, 0.3) is 10.1 Å². The van der Waals surface area contributed by atoms with E-state index in [1.807, 2.05) is 0 Å². The van der Waals surface area contributed by atoms with E-state index >= 15 is 0 Å². The van der Waals surface area contributed by atoms with Crippen LogP contribution >= 0.6 is 39.1 Å². The molecule has 1 saturated heterocycles. The molecule has 9 heteroatoms. The van der Waals surface area contributed by atoms with Gasteiger partial charge in [0, 0.05) is 10.6 Å². The molecule has 0 spiro atoms. The van der Waals surface area contributed by atoms with E-state index in [4.69, 9.17) is 36.9 Å². The van der Waals surface area contributed by atoms with Crippen LogP contribution in [-0.2, 0) is 29.6 Å². The topological polar surface area (TPSA) is 61.8 Å². The van der Waals surface area contributed by atoms with Crippen LogP contribution in [0.3, 0.4) is 0 Å². The molecule has 0 radical (unpaired) electrons. The van der Waals surface area contributed by atoms with Gasteiger partial charge in [-0.05, 0) is 12.1 Å². The molecule has 2 rings (SSSR count). The summed E-state index contributed by atoms with van der Waals surface area (Å²) in [4.78, 5) is 0. The van der Waals surface area contributed by atoms with Gasteiger partial charge >= 0.3 is 0 Å². The molecule has 21 heavy (non-hydrogen) atoms. The van der Waals surface area contributed by atoms with Gasteiger partial charge < -0.3 is 9.47 Å². The average Bonchev–Trinajstić information content (AvgIpc) is 2.80. The molecular weight excluding hydrogens is 407 g/mol. The highest BCUT2D eigenvalue weighted by atomic mass is 79.9. The Morgan fingerprint density at radius 1 is 1.48 bits per heavy atom. The number of ether oxygens (including phenoxy) is 2. The molecule has 0 saturated carbocycles. The lowest BCUT2D eigenvalue weighted by Gasteiger charge is -2.27. The Bertz CT molecular complexity index is 624. The summed E-state index contributed by atoms with van der Waals surface area (Å²) < 4.78 is 38.3. The lowest BCUT2D eigenvalue weighted by atomic mass is 10.1. The molecule has 1 aliphatic rings. The minimum Gasteiger partial charge on any atom is -0.342 e. The van der Waals surface area contributed by atoms with E-state index in [0.29, 0.717) is 20.9 Å². The fourth-order valence-corrected chi connectivity index (χ4v) is 3.48. The first-order valence-corrected chi connectivity index (χ1v) is 9.63. The largest absolute Gasteiger partial charge is 0.342 e. The molecule has 0 N–H and O–H groups in total. The normalized spacial score (nSPS) is 26.2. The number of hydrogen-bond donors (Lipinski definition) is 0. The maximum atomic E-state index is 11.0. The Morgan fingerprint density at radius 2 is 2.19 bits per heavy atom. The Hall–Kier alpha value is 0.110. The fraction of sp³-hybridized carbons (Fsp3) is 0.500. The van der Waals surface area contributed by atoms with E-state index < -0.39 is 22.0 Å². The van der Waals surface area contributed by atoms with E-state index in [1.165, 1.54) is 0 Å². The van der Waals surface area contributed by atoms with Crippen molar-refractivity contribution >= 4 is 49.2 Å². The summed E-state index contributed by atoms with van der Waals surface area (Å²) in [6, 6.07) is 4.99. The SMILES string of the molecule is CS(=O)(=O)OC[C@@H]1CO[C@](CBr)(c2ccc(Cl)cc2Cl)O1. The maximum absolute atomic E-state index is 11.0. The molecule has 0 bridgehead atoms. The van der Waals surface area contributed by atoms with Crippen LogP contribution < -0.4 is 0 Å². The van der Waals surface area contributed by atoms with Crippen molar-refractivity contribution in [3.63, 3.8) is 0 Å². The summed E-state index contributed by atoms with van der Waals surface area (Å²) in [5.74, 6) is -1.09. The maximum Gasteiger partial charge on any atom is 0.264 e. The molecule has 118 valence electrons. The van der Waals surface area contributed by atoms with Gasteiger partial charge in [0.05, 0.1) is 29.8 Å². The molecule has 2 atom stereocenters. The Balaban J connectivity index is 2.17. The highest BCUT2D eigenvalue weighted by Gasteiger charge is 2.44. The molecule has 5 nitrogen and oxygen atoms in total. The van der Waals surface area contributed by atoms with Gasteiger partial charge in [0.1, 0.15) is 6.10 Å². The van der Waals surface area contributed by atoms with Crippen LogP contribution in [0.1, 0.15) is 5.56 Å². The number of hydrogen-bond acceptors (Lipinski definition) is 5. The first-order chi connectivity index (χ1) is 9.76. The average molecular weight is 420 g/mol. The monoisotopic (exact) mass is 418 g/mol. The quantitative estimate of drug-likeness (QED) is 0.542. The third kappa shape index (κ3) is 4.31. The summed E-state index contributed by atoms with van der Waals surface area (Å²) >= 11 is 15.4. The third-order valence-electron chi connectivity index (χ3n) is 2.84. The molecule has 1 fully saturated rings. The summed E-state index contributed by atoms with van der Waals surface area (Å²) in [7, 11) is -3.52. The molecular formula is C12H13BrCl2O5S. The number of benzene rings is 1. The predicted molar refractivity (Wildman–Crippen MR) is 83.6 cm³/mol. The fourth-order valence-electron chi connectivity index (χ4n) is 1.93. The van der Waals surface area contributed by atoms with Gasteiger partial charge in [-0.25, -0.2) is 0 Å². The first kappa shape index (κ1) is 17.5. The second kappa shape index (κ2) is 6.70. The first-order valence-electron chi connectivity index (χ1n) is 5.93. The third-order valence-corrected chi connectivity index (χ3v) is 4.70. The van der Waals surface area contributed by atoms with E-state index in [2.05, 4.69) is 15.9 Å². The standard InChI is InChI=1S/C12H13BrCl2O5S/c1-21(16,17)19-6-9-5-18-12(7-13,20-9)10-3-2-8(14)4-11(10)15/h2-4,9H,5-7H2,1H3/t9-,12-/m0/s1. The van der Waals surface area contributed by atoms with E-state index in [1.54, 1.807) is 18.2 Å². The Kier molecular flexibility index (Phi) is 5.57. The minimum atomic E-state index is -3.52. The molecule has 1 heterocycles. The van der Waals surface area contributed by atoms with E-state index in [-0.39, 0.29) is 13.2 Å². The lowest BCUT2D eigenvalue weighted by molar-refractivity contribution is -0.159. The van der Waals surface area contributed by atoms with Gasteiger partial charge in [-0.15, -0.1) is 0 Å². The van der Waals surface area contributed by atoms with Gasteiger partial charge in [-0.2, -0.15) is 8.42 Å². The van der Waals surface area contributed by atoms with Crippen LogP contribution in [0, 0.1) is 0 Å². The summed E-state index contributed by atoms with van der Waals surface area (Å²) in [5.41, 5.74) is 0.618. The zero-order valence-corrected chi connectivity index (χ0v) is 14.9. The van der Waals surface area contributed by atoms with Gasteiger partial charge in [-0.3, -0.25) is 4.18 Å². The Labute approximate surface area is 141 Å².